The number of ether oxygens (including phenoxy) is 1. The van der Waals surface area contributed by atoms with Crippen LogP contribution in [0, 0.1) is 0 Å². The molecular formula is C17H16BrNO3S. The number of thiophene rings is 1. The van der Waals surface area contributed by atoms with E-state index in [1.54, 1.807) is 61.8 Å². The molecule has 0 aliphatic rings. The van der Waals surface area contributed by atoms with E-state index in [0.29, 0.717) is 11.3 Å². The van der Waals surface area contributed by atoms with Crippen molar-refractivity contribution in [3.63, 3.8) is 0 Å². The molecule has 120 valence electrons. The van der Waals surface area contributed by atoms with Crippen LogP contribution < -0.4 is 4.74 Å². The lowest BCUT2D eigenvalue weighted by molar-refractivity contribution is -0.130. The number of nitrogens with zero attached hydrogens (tertiary/aromatic N) is 1. The van der Waals surface area contributed by atoms with Crippen LogP contribution in [0.4, 0.5) is 0 Å². The fourth-order valence-electron chi connectivity index (χ4n) is 1.67. The molecule has 0 radical (unpaired) electrons. The molecule has 0 fully saturated rings. The highest BCUT2D eigenvalue weighted by molar-refractivity contribution is 9.11. The highest BCUT2D eigenvalue weighted by Gasteiger charge is 2.06. The molecule has 0 aliphatic heterocycles. The Hall–Kier alpha value is -1.92. The van der Waals surface area contributed by atoms with Crippen LogP contribution in [0.2, 0.25) is 0 Å². The largest absolute Gasteiger partial charge is 0.484 e. The van der Waals surface area contributed by atoms with E-state index < -0.39 is 0 Å². The maximum Gasteiger partial charge on any atom is 0.259 e. The summed E-state index contributed by atoms with van der Waals surface area (Å²) in [7, 11) is 3.34. The molecule has 2 aromatic rings. The van der Waals surface area contributed by atoms with Gasteiger partial charge in [0.1, 0.15) is 5.75 Å². The maximum absolute atomic E-state index is 12.1. The molecule has 0 unspecified atom stereocenters. The third-order valence-corrected chi connectivity index (χ3v) is 4.54. The van der Waals surface area contributed by atoms with Crippen molar-refractivity contribution in [1.29, 1.82) is 0 Å². The number of benzene rings is 1. The first-order valence-corrected chi connectivity index (χ1v) is 8.52. The van der Waals surface area contributed by atoms with Crippen LogP contribution in [0.3, 0.4) is 0 Å². The van der Waals surface area contributed by atoms with Gasteiger partial charge in [0.05, 0.1) is 3.79 Å². The molecule has 0 aliphatic carbocycles. The predicted octanol–water partition coefficient (Wildman–Crippen LogP) is 3.87. The standard InChI is InChI=1S/C17H16BrNO3S/c1-19(2)17(21)10-22-14-6-4-13(5-7-14)15(20)8-3-12-9-16(18)23-11-12/h3-9,11H,10H2,1-2H3/b8-3+. The van der Waals surface area contributed by atoms with E-state index in [-0.39, 0.29) is 18.3 Å². The van der Waals surface area contributed by atoms with Crippen LogP contribution in [-0.2, 0) is 4.79 Å². The number of rotatable bonds is 6. The Balaban J connectivity index is 1.94. The number of carbonyl (C=O) groups excluding carboxylic acids is 2. The highest BCUT2D eigenvalue weighted by Crippen LogP contribution is 2.21. The number of amides is 1. The third kappa shape index (κ3) is 5.33. The van der Waals surface area contributed by atoms with Crippen LogP contribution in [0.15, 0.2) is 45.6 Å². The number of hydrogen-bond donors (Lipinski definition) is 0. The average molecular weight is 394 g/mol. The van der Waals surface area contributed by atoms with Crippen molar-refractivity contribution in [3.05, 3.63) is 56.7 Å². The molecule has 1 aromatic carbocycles. The first kappa shape index (κ1) is 17.4. The number of ketones is 1. The monoisotopic (exact) mass is 393 g/mol. The van der Waals surface area contributed by atoms with Gasteiger partial charge in [-0.05, 0) is 63.3 Å². The van der Waals surface area contributed by atoms with E-state index in [2.05, 4.69) is 15.9 Å². The molecule has 2 rings (SSSR count). The highest BCUT2D eigenvalue weighted by atomic mass is 79.9. The lowest BCUT2D eigenvalue weighted by Crippen LogP contribution is -2.27. The molecule has 0 N–H and O–H groups in total. The molecule has 0 saturated carbocycles. The number of allylic oxidation sites excluding steroid dienone is 1. The van der Waals surface area contributed by atoms with Crippen LogP contribution in [0.5, 0.6) is 5.75 Å². The van der Waals surface area contributed by atoms with Crippen molar-refractivity contribution in [2.24, 2.45) is 0 Å². The summed E-state index contributed by atoms with van der Waals surface area (Å²) in [6.45, 7) is -0.0206. The van der Waals surface area contributed by atoms with Crippen molar-refractivity contribution >= 4 is 45.0 Å². The van der Waals surface area contributed by atoms with E-state index in [4.69, 9.17) is 4.74 Å². The van der Waals surface area contributed by atoms with E-state index >= 15 is 0 Å². The van der Waals surface area contributed by atoms with Crippen molar-refractivity contribution in [2.75, 3.05) is 20.7 Å². The first-order valence-electron chi connectivity index (χ1n) is 6.85. The number of carbonyl (C=O) groups is 2. The number of likely N-dealkylation sites (N-methyl/N-ethyl adjacent to an activating group) is 1. The Morgan fingerprint density at radius 3 is 2.52 bits per heavy atom. The van der Waals surface area contributed by atoms with Gasteiger partial charge in [-0.15, -0.1) is 11.3 Å². The molecule has 1 heterocycles. The summed E-state index contributed by atoms with van der Waals surface area (Å²) in [5, 5.41) is 1.96. The lowest BCUT2D eigenvalue weighted by atomic mass is 10.1. The van der Waals surface area contributed by atoms with Gasteiger partial charge in [-0.25, -0.2) is 0 Å². The zero-order valence-corrected chi connectivity index (χ0v) is 15.2. The summed E-state index contributed by atoms with van der Waals surface area (Å²) in [6, 6.07) is 8.70. The van der Waals surface area contributed by atoms with Gasteiger partial charge in [0, 0.05) is 19.7 Å². The molecule has 1 amide bonds. The summed E-state index contributed by atoms with van der Waals surface area (Å²) in [5.74, 6) is 0.362. The van der Waals surface area contributed by atoms with Gasteiger partial charge < -0.3 is 9.64 Å². The van der Waals surface area contributed by atoms with Crippen LogP contribution in [0.25, 0.3) is 6.08 Å². The second kappa shape index (κ2) is 8.08. The topological polar surface area (TPSA) is 46.6 Å². The van der Waals surface area contributed by atoms with Crippen LogP contribution >= 0.6 is 27.3 Å². The summed E-state index contributed by atoms with van der Waals surface area (Å²) in [4.78, 5) is 25.0. The second-order valence-electron chi connectivity index (χ2n) is 4.98. The van der Waals surface area contributed by atoms with Gasteiger partial charge in [0.25, 0.3) is 5.91 Å². The smallest absolute Gasteiger partial charge is 0.259 e. The van der Waals surface area contributed by atoms with Gasteiger partial charge in [-0.3, -0.25) is 9.59 Å². The normalized spacial score (nSPS) is 10.7. The Labute approximate surface area is 147 Å². The Bertz CT molecular complexity index is 720. The maximum atomic E-state index is 12.1. The molecule has 23 heavy (non-hydrogen) atoms. The lowest BCUT2D eigenvalue weighted by Gasteiger charge is -2.11. The quantitative estimate of drug-likeness (QED) is 0.552. The van der Waals surface area contributed by atoms with E-state index in [9.17, 15) is 9.59 Å². The number of hydrogen-bond acceptors (Lipinski definition) is 4. The van der Waals surface area contributed by atoms with E-state index in [1.807, 2.05) is 11.4 Å². The molecule has 0 atom stereocenters. The summed E-state index contributed by atoms with van der Waals surface area (Å²) in [6.07, 6.45) is 3.32. The van der Waals surface area contributed by atoms with E-state index in [1.165, 1.54) is 4.90 Å². The Morgan fingerprint density at radius 1 is 1.26 bits per heavy atom. The number of halogens is 1. The molecule has 0 bridgehead atoms. The zero-order valence-electron chi connectivity index (χ0n) is 12.8. The Morgan fingerprint density at radius 2 is 1.96 bits per heavy atom. The van der Waals surface area contributed by atoms with Crippen molar-refractivity contribution in [1.82, 2.24) is 4.90 Å². The molecule has 6 heteroatoms. The third-order valence-electron chi connectivity index (χ3n) is 3.01. The molecular weight excluding hydrogens is 378 g/mol. The van der Waals surface area contributed by atoms with Crippen LogP contribution in [-0.4, -0.2) is 37.3 Å². The van der Waals surface area contributed by atoms with Crippen molar-refractivity contribution in [3.8, 4) is 5.75 Å². The minimum Gasteiger partial charge on any atom is -0.484 e. The summed E-state index contributed by atoms with van der Waals surface area (Å²) < 4.78 is 6.40. The van der Waals surface area contributed by atoms with Crippen molar-refractivity contribution < 1.29 is 14.3 Å². The van der Waals surface area contributed by atoms with Crippen molar-refractivity contribution in [2.45, 2.75) is 0 Å². The predicted molar refractivity (Wildman–Crippen MR) is 96.0 cm³/mol. The van der Waals surface area contributed by atoms with E-state index in [0.717, 1.165) is 9.35 Å². The minimum absolute atomic E-state index is 0.0206. The van der Waals surface area contributed by atoms with Crippen LogP contribution in [0.1, 0.15) is 15.9 Å². The Kier molecular flexibility index (Phi) is 6.12. The minimum atomic E-state index is -0.116. The zero-order chi connectivity index (χ0) is 16.8. The molecule has 4 nitrogen and oxygen atoms in total. The van der Waals surface area contributed by atoms with Gasteiger partial charge in [0.2, 0.25) is 0 Å². The van der Waals surface area contributed by atoms with Gasteiger partial charge >= 0.3 is 0 Å². The summed E-state index contributed by atoms with van der Waals surface area (Å²) in [5.41, 5.74) is 1.55. The SMILES string of the molecule is CN(C)C(=O)COc1ccc(C(=O)/C=C/c2csc(Br)c2)cc1. The van der Waals surface area contributed by atoms with Gasteiger partial charge in [0.15, 0.2) is 12.4 Å². The molecule has 0 saturated heterocycles. The fourth-order valence-corrected chi connectivity index (χ4v) is 2.81. The summed E-state index contributed by atoms with van der Waals surface area (Å²) >= 11 is 4.95. The van der Waals surface area contributed by atoms with Gasteiger partial charge in [-0.2, -0.15) is 0 Å². The van der Waals surface area contributed by atoms with Gasteiger partial charge in [-0.1, -0.05) is 6.08 Å². The first-order chi connectivity index (χ1) is 11.0. The fraction of sp³-hybridized carbons (Fsp3) is 0.176. The average Bonchev–Trinajstić information content (AvgIpc) is 2.96. The molecule has 1 aromatic heterocycles. The molecule has 0 spiro atoms. The second-order valence-corrected chi connectivity index (χ2v) is 7.27.